The summed E-state index contributed by atoms with van der Waals surface area (Å²) in [5, 5.41) is 11.1. The van der Waals surface area contributed by atoms with Crippen LogP contribution in [0.25, 0.3) is 0 Å². The van der Waals surface area contributed by atoms with Gasteiger partial charge in [-0.05, 0) is 31.7 Å². The predicted octanol–water partition coefficient (Wildman–Crippen LogP) is 1.46. The minimum Gasteiger partial charge on any atom is -0.545 e. The lowest BCUT2D eigenvalue weighted by Gasteiger charge is -2.19. The third-order valence-corrected chi connectivity index (χ3v) is 4.42. The van der Waals surface area contributed by atoms with E-state index in [1.807, 2.05) is 0 Å². The van der Waals surface area contributed by atoms with Gasteiger partial charge < -0.3 is 14.6 Å². The summed E-state index contributed by atoms with van der Waals surface area (Å²) in [7, 11) is 1.29. The molecule has 0 saturated heterocycles. The number of hydrogen-bond donors (Lipinski definition) is 0. The number of rotatable bonds is 3. The summed E-state index contributed by atoms with van der Waals surface area (Å²) in [6, 6.07) is 2.41. The van der Waals surface area contributed by atoms with Gasteiger partial charge in [-0.15, -0.1) is 0 Å². The molecule has 0 saturated carbocycles. The number of halogens is 1. The first-order chi connectivity index (χ1) is 11.0. The Morgan fingerprint density at radius 2 is 1.74 bits per heavy atom. The summed E-state index contributed by atoms with van der Waals surface area (Å²) < 4.78 is 5.01. The molecule has 1 heterocycles. The summed E-state index contributed by atoms with van der Waals surface area (Å²) >= 11 is 6.10. The molecule has 0 unspecified atom stereocenters. The third-order valence-electron chi connectivity index (χ3n) is 4.12. The van der Waals surface area contributed by atoms with E-state index >= 15 is 0 Å². The molecule has 0 radical (unpaired) electrons. The largest absolute Gasteiger partial charge is 0.545 e. The molecule has 0 N–H and O–H groups in total. The van der Waals surface area contributed by atoms with Gasteiger partial charge in [-0.3, -0.25) is 9.59 Å². The number of imide groups is 1. The van der Waals surface area contributed by atoms with Gasteiger partial charge in [-0.1, -0.05) is 11.6 Å². The second-order valence-electron chi connectivity index (χ2n) is 5.40. The molecule has 0 fully saturated rings. The van der Waals surface area contributed by atoms with Crippen LogP contribution in [0.15, 0.2) is 23.3 Å². The normalized spacial score (nSPS) is 17.6. The van der Waals surface area contributed by atoms with Crippen LogP contribution in [0.3, 0.4) is 0 Å². The summed E-state index contributed by atoms with van der Waals surface area (Å²) in [4.78, 5) is 37.2. The van der Waals surface area contributed by atoms with Gasteiger partial charge in [-0.25, -0.2) is 4.90 Å². The van der Waals surface area contributed by atoms with Gasteiger partial charge >= 0.3 is 0 Å². The lowest BCUT2D eigenvalue weighted by molar-refractivity contribution is -0.255. The van der Waals surface area contributed by atoms with Gasteiger partial charge in [0.05, 0.1) is 23.8 Å². The highest BCUT2D eigenvalue weighted by Crippen LogP contribution is 2.40. The van der Waals surface area contributed by atoms with Crippen molar-refractivity contribution in [1.29, 1.82) is 0 Å². The molecule has 0 spiro atoms. The van der Waals surface area contributed by atoms with Crippen LogP contribution in [0.1, 0.15) is 36.0 Å². The highest BCUT2D eigenvalue weighted by atomic mass is 35.5. The molecule has 120 valence electrons. The fraction of sp³-hybridized carbons (Fsp3) is 0.312. The van der Waals surface area contributed by atoms with Gasteiger partial charge in [0.25, 0.3) is 11.8 Å². The minimum atomic E-state index is -1.45. The maximum atomic E-state index is 12.5. The average Bonchev–Trinajstić information content (AvgIpc) is 2.79. The van der Waals surface area contributed by atoms with Crippen molar-refractivity contribution in [1.82, 2.24) is 0 Å². The van der Waals surface area contributed by atoms with Gasteiger partial charge in [0, 0.05) is 22.8 Å². The van der Waals surface area contributed by atoms with Crippen molar-refractivity contribution in [3.8, 4) is 5.75 Å². The van der Waals surface area contributed by atoms with Crippen LogP contribution >= 0.6 is 11.6 Å². The maximum absolute atomic E-state index is 12.5. The molecule has 23 heavy (non-hydrogen) atoms. The molecular weight excluding hydrogens is 322 g/mol. The van der Waals surface area contributed by atoms with E-state index < -0.39 is 17.8 Å². The molecule has 1 aromatic carbocycles. The number of carbonyl (C=O) groups is 3. The van der Waals surface area contributed by atoms with E-state index in [0.29, 0.717) is 24.0 Å². The second kappa shape index (κ2) is 5.70. The molecule has 0 bridgehead atoms. The Morgan fingerprint density at radius 1 is 1.17 bits per heavy atom. The monoisotopic (exact) mass is 334 g/mol. The van der Waals surface area contributed by atoms with Gasteiger partial charge in [0.2, 0.25) is 0 Å². The van der Waals surface area contributed by atoms with Crippen LogP contribution in [0.2, 0.25) is 5.02 Å². The van der Waals surface area contributed by atoms with E-state index in [0.717, 1.165) is 23.8 Å². The van der Waals surface area contributed by atoms with Crippen LogP contribution in [0, 0.1) is 0 Å². The first-order valence-corrected chi connectivity index (χ1v) is 7.53. The molecule has 6 nitrogen and oxygen atoms in total. The van der Waals surface area contributed by atoms with E-state index in [1.54, 1.807) is 0 Å². The Morgan fingerprint density at radius 3 is 2.22 bits per heavy atom. The molecule has 1 aromatic rings. The van der Waals surface area contributed by atoms with Crippen molar-refractivity contribution < 1.29 is 24.2 Å². The topological polar surface area (TPSA) is 86.7 Å². The fourth-order valence-corrected chi connectivity index (χ4v) is 3.25. The zero-order valence-corrected chi connectivity index (χ0v) is 13.1. The number of amides is 2. The van der Waals surface area contributed by atoms with Gasteiger partial charge in [0.15, 0.2) is 0 Å². The zero-order chi connectivity index (χ0) is 16.7. The summed E-state index contributed by atoms with van der Waals surface area (Å²) in [5.41, 5.74) is 0.941. The van der Waals surface area contributed by atoms with E-state index in [2.05, 4.69) is 0 Å². The number of carboxylic acids is 1. The number of ether oxygens (including phenoxy) is 1. The number of aromatic carboxylic acids is 1. The quantitative estimate of drug-likeness (QED) is 0.781. The highest BCUT2D eigenvalue weighted by Gasteiger charge is 2.40. The standard InChI is InChI=1S/C16H14ClNO5/c1-23-13-7-12(11(17)6-10(13)16(21)22)18-14(19)8-4-2-3-5-9(8)15(18)20/h6-7H,2-5H2,1H3,(H,21,22)/p-1. The van der Waals surface area contributed by atoms with E-state index in [9.17, 15) is 19.5 Å². The molecule has 3 rings (SSSR count). The van der Waals surface area contributed by atoms with Gasteiger partial charge in [0.1, 0.15) is 5.75 Å². The third kappa shape index (κ3) is 2.39. The SMILES string of the molecule is COc1cc(N2C(=O)C3=C(CCCC3)C2=O)c(Cl)cc1C(=O)[O-]. The van der Waals surface area contributed by atoms with Crippen LogP contribution < -0.4 is 14.7 Å². The molecule has 0 atom stereocenters. The van der Waals surface area contributed by atoms with Crippen LogP contribution in [-0.2, 0) is 9.59 Å². The first-order valence-electron chi connectivity index (χ1n) is 7.15. The smallest absolute Gasteiger partial charge is 0.261 e. The fourth-order valence-electron chi connectivity index (χ4n) is 3.00. The van der Waals surface area contributed by atoms with Crippen molar-refractivity contribution in [3.63, 3.8) is 0 Å². The maximum Gasteiger partial charge on any atom is 0.261 e. The first kappa shape index (κ1) is 15.6. The summed E-state index contributed by atoms with van der Waals surface area (Å²) in [5.74, 6) is -2.26. The van der Waals surface area contributed by atoms with Crippen molar-refractivity contribution in [3.05, 3.63) is 33.9 Å². The number of hydrogen-bond acceptors (Lipinski definition) is 5. The van der Waals surface area contributed by atoms with E-state index in [1.165, 1.54) is 13.2 Å². The van der Waals surface area contributed by atoms with Crippen molar-refractivity contribution in [2.45, 2.75) is 25.7 Å². The van der Waals surface area contributed by atoms with Gasteiger partial charge in [-0.2, -0.15) is 0 Å². The number of carboxylic acid groups (broad SMARTS) is 1. The van der Waals surface area contributed by atoms with E-state index in [4.69, 9.17) is 16.3 Å². The highest BCUT2D eigenvalue weighted by molar-refractivity contribution is 6.39. The molecule has 0 aromatic heterocycles. The number of benzene rings is 1. The van der Waals surface area contributed by atoms with Crippen LogP contribution in [0.5, 0.6) is 5.75 Å². The second-order valence-corrected chi connectivity index (χ2v) is 5.81. The number of nitrogens with zero attached hydrogens (tertiary/aromatic N) is 1. The average molecular weight is 335 g/mol. The molecule has 2 amide bonds. The lowest BCUT2D eigenvalue weighted by atomic mass is 9.93. The minimum absolute atomic E-state index is 0.0186. The zero-order valence-electron chi connectivity index (χ0n) is 12.3. The van der Waals surface area contributed by atoms with Crippen molar-refractivity contribution >= 4 is 35.1 Å². The van der Waals surface area contributed by atoms with Crippen molar-refractivity contribution in [2.24, 2.45) is 0 Å². The van der Waals surface area contributed by atoms with Crippen molar-refractivity contribution in [2.75, 3.05) is 12.0 Å². The Labute approximate surface area is 137 Å². The number of carbonyl (C=O) groups excluding carboxylic acids is 3. The Kier molecular flexibility index (Phi) is 3.85. The molecule has 1 aliphatic carbocycles. The van der Waals surface area contributed by atoms with Crippen LogP contribution in [0.4, 0.5) is 5.69 Å². The Bertz CT molecular complexity index is 740. The van der Waals surface area contributed by atoms with E-state index in [-0.39, 0.29) is 22.0 Å². The summed E-state index contributed by atoms with van der Waals surface area (Å²) in [6.45, 7) is 0. The Balaban J connectivity index is 2.08. The molecule has 7 heteroatoms. The lowest BCUT2D eigenvalue weighted by Crippen LogP contribution is -2.32. The predicted molar refractivity (Wildman–Crippen MR) is 80.3 cm³/mol. The molecule has 2 aliphatic rings. The van der Waals surface area contributed by atoms with Crippen LogP contribution in [-0.4, -0.2) is 24.9 Å². The number of anilines is 1. The molecular formula is C16H13ClNO5-. The number of methoxy groups -OCH3 is 1. The Hall–Kier alpha value is -2.34. The molecule has 1 aliphatic heterocycles. The summed E-state index contributed by atoms with van der Waals surface area (Å²) in [6.07, 6.45) is 2.88.